The first kappa shape index (κ1) is 16.5. The van der Waals surface area contributed by atoms with Gasteiger partial charge in [0.15, 0.2) is 6.29 Å². The topological polar surface area (TPSA) is 63.0 Å². The van der Waals surface area contributed by atoms with Crippen molar-refractivity contribution in [1.29, 1.82) is 0 Å². The Kier molecular flexibility index (Phi) is 4.85. The number of aldehydes is 1. The second-order valence-electron chi connectivity index (χ2n) is 5.72. The van der Waals surface area contributed by atoms with E-state index >= 15 is 0 Å². The summed E-state index contributed by atoms with van der Waals surface area (Å²) in [6.07, 6.45) is 0.592. The highest BCUT2D eigenvalue weighted by Gasteiger charge is 2.22. The normalized spacial score (nSPS) is 14.8. The van der Waals surface area contributed by atoms with Crippen LogP contribution >= 0.6 is 0 Å². The number of fused-ring (bicyclic) bond motifs is 1. The van der Waals surface area contributed by atoms with Crippen LogP contribution in [-0.4, -0.2) is 45.7 Å². The maximum atomic E-state index is 12.3. The zero-order chi connectivity index (χ0) is 17.1. The Morgan fingerprint density at radius 3 is 2.54 bits per heavy atom. The highest BCUT2D eigenvalue weighted by Crippen LogP contribution is 2.31. The van der Waals surface area contributed by atoms with Gasteiger partial charge in [-0.1, -0.05) is 0 Å². The van der Waals surface area contributed by atoms with Crippen LogP contribution in [0.3, 0.4) is 0 Å². The average molecular weight is 330 g/mol. The summed E-state index contributed by atoms with van der Waals surface area (Å²) in [7, 11) is 0. The first-order valence-electron chi connectivity index (χ1n) is 8.33. The highest BCUT2D eigenvalue weighted by atomic mass is 16.5. The van der Waals surface area contributed by atoms with E-state index in [1.54, 1.807) is 0 Å². The molecule has 0 saturated carbocycles. The maximum absolute atomic E-state index is 12.3. The van der Waals surface area contributed by atoms with Crippen molar-refractivity contribution in [3.05, 3.63) is 34.2 Å². The fourth-order valence-electron chi connectivity index (χ4n) is 3.20. The molecule has 0 unspecified atom stereocenters. The zero-order valence-electron chi connectivity index (χ0n) is 14.1. The van der Waals surface area contributed by atoms with Crippen molar-refractivity contribution in [2.45, 2.75) is 13.8 Å². The minimum Gasteiger partial charge on any atom is -0.422 e. The molecule has 0 radical (unpaired) electrons. The smallest absolute Gasteiger partial charge is 0.349 e. The number of anilines is 2. The van der Waals surface area contributed by atoms with Gasteiger partial charge in [0.1, 0.15) is 11.1 Å². The molecule has 1 saturated heterocycles. The molecule has 1 aliphatic heterocycles. The molecule has 1 fully saturated rings. The minimum absolute atomic E-state index is 0.0833. The lowest BCUT2D eigenvalue weighted by Gasteiger charge is -2.30. The molecule has 1 aromatic heterocycles. The summed E-state index contributed by atoms with van der Waals surface area (Å²) in [5.41, 5.74) is 1.67. The number of morpholine rings is 1. The van der Waals surface area contributed by atoms with Gasteiger partial charge in [0, 0.05) is 43.3 Å². The van der Waals surface area contributed by atoms with Gasteiger partial charge >= 0.3 is 5.63 Å². The summed E-state index contributed by atoms with van der Waals surface area (Å²) in [6.45, 7) is 8.37. The van der Waals surface area contributed by atoms with Crippen molar-refractivity contribution in [2.24, 2.45) is 0 Å². The first-order chi connectivity index (χ1) is 11.7. The summed E-state index contributed by atoms with van der Waals surface area (Å²) in [4.78, 5) is 28.0. The quantitative estimate of drug-likeness (QED) is 0.619. The molecule has 24 heavy (non-hydrogen) atoms. The first-order valence-corrected chi connectivity index (χ1v) is 8.33. The number of nitrogens with zero attached hydrogens (tertiary/aromatic N) is 2. The van der Waals surface area contributed by atoms with Gasteiger partial charge in [-0.2, -0.15) is 0 Å². The van der Waals surface area contributed by atoms with Crippen LogP contribution in [0, 0.1) is 0 Å². The Bertz CT molecular complexity index is 789. The van der Waals surface area contributed by atoms with Crippen LogP contribution < -0.4 is 15.4 Å². The summed E-state index contributed by atoms with van der Waals surface area (Å²) in [5.74, 6) is 0. The van der Waals surface area contributed by atoms with Crippen molar-refractivity contribution in [3.8, 4) is 0 Å². The Labute approximate surface area is 140 Å². The third-order valence-corrected chi connectivity index (χ3v) is 4.47. The van der Waals surface area contributed by atoms with E-state index in [-0.39, 0.29) is 5.56 Å². The summed E-state index contributed by atoms with van der Waals surface area (Å²) in [6, 6.07) is 5.82. The number of ether oxygens (including phenoxy) is 1. The van der Waals surface area contributed by atoms with E-state index in [1.165, 1.54) is 0 Å². The number of carbonyl (C=O) groups is 1. The van der Waals surface area contributed by atoms with E-state index in [4.69, 9.17) is 9.15 Å². The number of benzene rings is 1. The lowest BCUT2D eigenvalue weighted by molar-refractivity contribution is 0.111. The Morgan fingerprint density at radius 2 is 1.92 bits per heavy atom. The highest BCUT2D eigenvalue weighted by molar-refractivity contribution is 6.00. The van der Waals surface area contributed by atoms with Crippen LogP contribution in [-0.2, 0) is 4.74 Å². The molecule has 128 valence electrons. The molecule has 3 rings (SSSR count). The largest absolute Gasteiger partial charge is 0.422 e. The predicted molar refractivity (Wildman–Crippen MR) is 94.5 cm³/mol. The standard InChI is InChI=1S/C18H22N2O4/c1-3-19(4-2)13-5-6-14-16(11-13)24-18(22)15(12-21)17(14)20-7-9-23-10-8-20/h5-6,11-12H,3-4,7-10H2,1-2H3. The molecule has 0 amide bonds. The fraction of sp³-hybridized carbons (Fsp3) is 0.444. The summed E-state index contributed by atoms with van der Waals surface area (Å²) < 4.78 is 10.8. The molecule has 0 N–H and O–H groups in total. The van der Waals surface area contributed by atoms with Crippen molar-refractivity contribution in [2.75, 3.05) is 49.2 Å². The van der Waals surface area contributed by atoms with Crippen molar-refractivity contribution >= 4 is 28.6 Å². The van der Waals surface area contributed by atoms with Crippen molar-refractivity contribution in [3.63, 3.8) is 0 Å². The van der Waals surface area contributed by atoms with E-state index in [9.17, 15) is 9.59 Å². The molecule has 6 nitrogen and oxygen atoms in total. The molecule has 0 bridgehead atoms. The second kappa shape index (κ2) is 7.05. The molecular weight excluding hydrogens is 308 g/mol. The van der Waals surface area contributed by atoms with E-state index < -0.39 is 5.63 Å². The van der Waals surface area contributed by atoms with Crippen LogP contribution in [0.15, 0.2) is 27.4 Å². The monoisotopic (exact) mass is 330 g/mol. The molecule has 0 aliphatic carbocycles. The van der Waals surface area contributed by atoms with Gasteiger partial charge in [-0.3, -0.25) is 4.79 Å². The van der Waals surface area contributed by atoms with Crippen LogP contribution in [0.5, 0.6) is 0 Å². The predicted octanol–water partition coefficient (Wildman–Crippen LogP) is 2.29. The third-order valence-electron chi connectivity index (χ3n) is 4.47. The number of carbonyl (C=O) groups excluding carboxylic acids is 1. The molecule has 2 heterocycles. The number of hydrogen-bond acceptors (Lipinski definition) is 6. The lowest BCUT2D eigenvalue weighted by Crippen LogP contribution is -2.37. The number of hydrogen-bond donors (Lipinski definition) is 0. The molecule has 0 atom stereocenters. The van der Waals surface area contributed by atoms with Crippen LogP contribution in [0.25, 0.3) is 11.0 Å². The van der Waals surface area contributed by atoms with E-state index in [1.807, 2.05) is 23.1 Å². The Balaban J connectivity index is 2.20. The van der Waals surface area contributed by atoms with Gasteiger partial charge in [-0.05, 0) is 26.0 Å². The van der Waals surface area contributed by atoms with Gasteiger partial charge in [0.2, 0.25) is 0 Å². The van der Waals surface area contributed by atoms with Crippen molar-refractivity contribution in [1.82, 2.24) is 0 Å². The van der Waals surface area contributed by atoms with Crippen LogP contribution in [0.1, 0.15) is 24.2 Å². The molecule has 0 spiro atoms. The molecular formula is C18H22N2O4. The van der Waals surface area contributed by atoms with Gasteiger partial charge in [-0.15, -0.1) is 0 Å². The van der Waals surface area contributed by atoms with Crippen LogP contribution in [0.2, 0.25) is 0 Å². The van der Waals surface area contributed by atoms with Gasteiger partial charge in [-0.25, -0.2) is 4.79 Å². The maximum Gasteiger partial charge on any atom is 0.349 e. The second-order valence-corrected chi connectivity index (χ2v) is 5.72. The molecule has 1 aliphatic rings. The van der Waals surface area contributed by atoms with E-state index in [2.05, 4.69) is 18.7 Å². The summed E-state index contributed by atoms with van der Waals surface area (Å²) in [5, 5.41) is 0.787. The Morgan fingerprint density at radius 1 is 1.21 bits per heavy atom. The molecule has 1 aromatic carbocycles. The molecule has 6 heteroatoms. The average Bonchev–Trinajstić information content (AvgIpc) is 2.62. The van der Waals surface area contributed by atoms with Crippen LogP contribution in [0.4, 0.5) is 11.4 Å². The van der Waals surface area contributed by atoms with E-state index in [0.29, 0.717) is 43.9 Å². The fourth-order valence-corrected chi connectivity index (χ4v) is 3.20. The molecule has 2 aromatic rings. The Hall–Kier alpha value is -2.34. The summed E-state index contributed by atoms with van der Waals surface area (Å²) >= 11 is 0. The zero-order valence-corrected chi connectivity index (χ0v) is 14.1. The SMILES string of the molecule is CCN(CC)c1ccc2c(N3CCOCC3)c(C=O)c(=O)oc2c1. The lowest BCUT2D eigenvalue weighted by atomic mass is 10.1. The third kappa shape index (κ3) is 2.89. The van der Waals surface area contributed by atoms with Gasteiger partial charge in [0.25, 0.3) is 0 Å². The van der Waals surface area contributed by atoms with Gasteiger partial charge < -0.3 is 19.0 Å². The van der Waals surface area contributed by atoms with Crippen molar-refractivity contribution < 1.29 is 13.9 Å². The minimum atomic E-state index is -0.587. The number of rotatable bonds is 5. The van der Waals surface area contributed by atoms with Gasteiger partial charge in [0.05, 0.1) is 18.9 Å². The van der Waals surface area contributed by atoms with E-state index in [0.717, 1.165) is 24.2 Å².